The van der Waals surface area contributed by atoms with Gasteiger partial charge >= 0.3 is 0 Å². The van der Waals surface area contributed by atoms with Crippen LogP contribution in [0.25, 0.3) is 0 Å². The van der Waals surface area contributed by atoms with Gasteiger partial charge in [0.05, 0.1) is 0 Å². The van der Waals surface area contributed by atoms with Crippen molar-refractivity contribution in [2.24, 2.45) is 0 Å². The highest BCUT2D eigenvalue weighted by atomic mass is 19.1. The zero-order valence-electron chi connectivity index (χ0n) is 5.72. The highest BCUT2D eigenvalue weighted by Crippen LogP contribution is 2.28. The van der Waals surface area contributed by atoms with Crippen molar-refractivity contribution >= 4 is 0 Å². The number of hydrogen-bond donors (Lipinski definition) is 0. The first-order valence-electron chi connectivity index (χ1n) is 3.15. The van der Waals surface area contributed by atoms with Gasteiger partial charge in [0.15, 0.2) is 0 Å². The maximum atomic E-state index is 12.6. The summed E-state index contributed by atoms with van der Waals surface area (Å²) in [5.41, 5.74) is 0.571. The molecule has 0 heterocycles. The molecule has 0 saturated carbocycles. The summed E-state index contributed by atoms with van der Waals surface area (Å²) in [6, 6.07) is 0. The van der Waals surface area contributed by atoms with E-state index >= 15 is 0 Å². The van der Waals surface area contributed by atoms with E-state index in [1.807, 2.05) is 0 Å². The lowest BCUT2D eigenvalue weighted by Gasteiger charge is -2.04. The third kappa shape index (κ3) is 1.10. The molecule has 3 heteroatoms. The van der Waals surface area contributed by atoms with Crippen LogP contribution in [0.4, 0.5) is 4.39 Å². The monoisotopic (exact) mass is 141 g/mol. The number of nitriles is 1. The van der Waals surface area contributed by atoms with Gasteiger partial charge in [-0.3, -0.25) is 0 Å². The third-order valence-electron chi connectivity index (χ3n) is 1.73. The van der Waals surface area contributed by atoms with Gasteiger partial charge in [0.2, 0.25) is 0 Å². The number of halogens is 1. The molecule has 2 nitrogen and oxygen atoms in total. The van der Waals surface area contributed by atoms with Crippen molar-refractivity contribution in [2.75, 3.05) is 0 Å². The van der Waals surface area contributed by atoms with E-state index in [-0.39, 0.29) is 11.9 Å². The number of rotatable bonds is 1. The van der Waals surface area contributed by atoms with Gasteiger partial charge in [0, 0.05) is 6.42 Å². The lowest BCUT2D eigenvalue weighted by Crippen LogP contribution is -2.05. The number of allylic oxidation sites excluding steroid dienone is 1. The molecule has 0 amide bonds. The van der Waals surface area contributed by atoms with E-state index in [9.17, 15) is 4.39 Å². The topological polar surface area (TPSA) is 33.0 Å². The average Bonchev–Trinajstić information content (AvgIpc) is 2.20. The summed E-state index contributed by atoms with van der Waals surface area (Å²) in [7, 11) is 0. The molecule has 0 N–H and O–H groups in total. The number of ether oxygens (including phenoxy) is 1. The molecule has 1 rings (SSSR count). The molecule has 54 valence electrons. The summed E-state index contributed by atoms with van der Waals surface area (Å²) < 4.78 is 17.2. The van der Waals surface area contributed by atoms with Crippen molar-refractivity contribution in [3.05, 3.63) is 11.4 Å². The molecule has 0 aliphatic heterocycles. The summed E-state index contributed by atoms with van der Waals surface area (Å²) in [5, 5.41) is 8.11. The SMILES string of the molecule is CC1=C(F)CCC1OC#N. The lowest BCUT2D eigenvalue weighted by atomic mass is 10.2. The van der Waals surface area contributed by atoms with Crippen LogP contribution < -0.4 is 0 Å². The van der Waals surface area contributed by atoms with Crippen LogP contribution in [0.15, 0.2) is 11.4 Å². The molecule has 1 aliphatic carbocycles. The van der Waals surface area contributed by atoms with E-state index in [0.717, 1.165) is 0 Å². The molecule has 0 aromatic carbocycles. The quantitative estimate of drug-likeness (QED) is 0.522. The summed E-state index contributed by atoms with van der Waals surface area (Å²) >= 11 is 0. The Balaban J connectivity index is 2.61. The molecular weight excluding hydrogens is 133 g/mol. The lowest BCUT2D eigenvalue weighted by molar-refractivity contribution is 0.195. The Morgan fingerprint density at radius 2 is 2.50 bits per heavy atom. The van der Waals surface area contributed by atoms with Gasteiger partial charge in [-0.2, -0.15) is 5.26 Å². The molecule has 10 heavy (non-hydrogen) atoms. The minimum atomic E-state index is -0.301. The second kappa shape index (κ2) is 2.70. The van der Waals surface area contributed by atoms with E-state index in [0.29, 0.717) is 18.4 Å². The Labute approximate surface area is 58.9 Å². The molecule has 0 aromatic heterocycles. The first-order valence-corrected chi connectivity index (χ1v) is 3.15. The summed E-state index contributed by atoms with van der Waals surface area (Å²) in [5.74, 6) is -0.125. The van der Waals surface area contributed by atoms with E-state index in [2.05, 4.69) is 4.74 Å². The minimum absolute atomic E-state index is 0.125. The molecule has 1 atom stereocenters. The van der Waals surface area contributed by atoms with Crippen LogP contribution in [0.2, 0.25) is 0 Å². The normalized spacial score (nSPS) is 24.7. The first-order chi connectivity index (χ1) is 4.75. The zero-order valence-corrected chi connectivity index (χ0v) is 5.72. The predicted octanol–water partition coefficient (Wildman–Crippen LogP) is 1.89. The molecule has 0 aromatic rings. The highest BCUT2D eigenvalue weighted by molar-refractivity contribution is 5.17. The summed E-state index contributed by atoms with van der Waals surface area (Å²) in [6.07, 6.45) is 2.28. The van der Waals surface area contributed by atoms with Gasteiger partial charge in [-0.15, -0.1) is 0 Å². The van der Waals surface area contributed by atoms with Crippen LogP contribution in [-0.2, 0) is 4.74 Å². The second-order valence-electron chi connectivity index (χ2n) is 2.32. The van der Waals surface area contributed by atoms with Crippen molar-refractivity contribution in [2.45, 2.75) is 25.9 Å². The second-order valence-corrected chi connectivity index (χ2v) is 2.32. The van der Waals surface area contributed by atoms with Crippen LogP contribution in [-0.4, -0.2) is 6.10 Å². The maximum Gasteiger partial charge on any atom is 0.286 e. The predicted molar refractivity (Wildman–Crippen MR) is 33.5 cm³/mol. The fourth-order valence-corrected chi connectivity index (χ4v) is 1.06. The standard InChI is InChI=1S/C7H8FNO/c1-5-6(8)2-3-7(5)10-4-9/h7H,2-3H2,1H3. The van der Waals surface area contributed by atoms with E-state index in [1.165, 1.54) is 0 Å². The Kier molecular flexibility index (Phi) is 1.91. The van der Waals surface area contributed by atoms with E-state index in [4.69, 9.17) is 5.26 Å². The molecule has 0 radical (unpaired) electrons. The Morgan fingerprint density at radius 1 is 1.80 bits per heavy atom. The van der Waals surface area contributed by atoms with Crippen LogP contribution >= 0.6 is 0 Å². The van der Waals surface area contributed by atoms with Crippen molar-refractivity contribution < 1.29 is 9.13 Å². The minimum Gasteiger partial charge on any atom is -0.420 e. The fourth-order valence-electron chi connectivity index (χ4n) is 1.06. The molecule has 1 unspecified atom stereocenters. The van der Waals surface area contributed by atoms with Crippen molar-refractivity contribution in [1.29, 1.82) is 5.26 Å². The van der Waals surface area contributed by atoms with Gasteiger partial charge in [-0.25, -0.2) is 4.39 Å². The smallest absolute Gasteiger partial charge is 0.286 e. The molecule has 1 aliphatic rings. The Bertz CT molecular complexity index is 204. The molecule has 0 saturated heterocycles. The van der Waals surface area contributed by atoms with Crippen LogP contribution in [0.5, 0.6) is 0 Å². The van der Waals surface area contributed by atoms with Gasteiger partial charge in [-0.05, 0) is 18.9 Å². The van der Waals surface area contributed by atoms with Crippen LogP contribution in [0, 0.1) is 11.5 Å². The average molecular weight is 141 g/mol. The zero-order chi connectivity index (χ0) is 7.56. The van der Waals surface area contributed by atoms with Crippen molar-refractivity contribution in [1.82, 2.24) is 0 Å². The van der Waals surface area contributed by atoms with Crippen molar-refractivity contribution in [3.63, 3.8) is 0 Å². The van der Waals surface area contributed by atoms with E-state index in [1.54, 1.807) is 13.2 Å². The molecule has 0 fully saturated rings. The summed E-state index contributed by atoms with van der Waals surface area (Å²) in [6.45, 7) is 1.66. The maximum absolute atomic E-state index is 12.6. The Hall–Kier alpha value is -1.04. The molecular formula is C7H8FNO. The first kappa shape index (κ1) is 7.07. The van der Waals surface area contributed by atoms with Gasteiger partial charge < -0.3 is 4.74 Å². The Morgan fingerprint density at radius 3 is 2.90 bits per heavy atom. The summed E-state index contributed by atoms with van der Waals surface area (Å²) in [4.78, 5) is 0. The number of hydrogen-bond acceptors (Lipinski definition) is 2. The van der Waals surface area contributed by atoms with Crippen LogP contribution in [0.1, 0.15) is 19.8 Å². The van der Waals surface area contributed by atoms with Crippen molar-refractivity contribution in [3.8, 4) is 6.26 Å². The largest absolute Gasteiger partial charge is 0.420 e. The third-order valence-corrected chi connectivity index (χ3v) is 1.73. The fraction of sp³-hybridized carbons (Fsp3) is 0.571. The van der Waals surface area contributed by atoms with Gasteiger partial charge in [0.1, 0.15) is 11.9 Å². The highest BCUT2D eigenvalue weighted by Gasteiger charge is 2.23. The van der Waals surface area contributed by atoms with Gasteiger partial charge in [-0.1, -0.05) is 0 Å². The molecule has 0 spiro atoms. The van der Waals surface area contributed by atoms with Gasteiger partial charge in [0.25, 0.3) is 6.26 Å². The van der Waals surface area contributed by atoms with Crippen LogP contribution in [0.3, 0.4) is 0 Å². The molecule has 0 bridgehead atoms. The number of nitrogens with zero attached hydrogens (tertiary/aromatic N) is 1. The van der Waals surface area contributed by atoms with E-state index < -0.39 is 0 Å².